The number of carbonyl (C=O) groups excluding carboxylic acids is 1. The zero-order valence-electron chi connectivity index (χ0n) is 14.9. The van der Waals surface area contributed by atoms with Crippen LogP contribution in [0.15, 0.2) is 0 Å². The van der Waals surface area contributed by atoms with Crippen LogP contribution in [0.1, 0.15) is 84.5 Å². The lowest BCUT2D eigenvalue weighted by molar-refractivity contribution is -0.117. The Labute approximate surface area is 137 Å². The number of hydrogen-bond acceptors (Lipinski definition) is 3. The number of likely N-dealkylation sites (tertiary alicyclic amines) is 1. The van der Waals surface area contributed by atoms with E-state index in [1.54, 1.807) is 6.92 Å². The predicted octanol–water partition coefficient (Wildman–Crippen LogP) is 4.59. The largest absolute Gasteiger partial charge is 0.377 e. The maximum atomic E-state index is 10.8. The number of ether oxygens (including phenoxy) is 1. The van der Waals surface area contributed by atoms with Gasteiger partial charge in [-0.15, -0.1) is 0 Å². The fourth-order valence-electron chi connectivity index (χ4n) is 3.32. The summed E-state index contributed by atoms with van der Waals surface area (Å²) in [5, 5.41) is 0. The van der Waals surface area contributed by atoms with Crippen LogP contribution in [-0.4, -0.2) is 43.0 Å². The molecule has 1 aliphatic rings. The van der Waals surface area contributed by atoms with Gasteiger partial charge in [0.2, 0.25) is 0 Å². The average Bonchev–Trinajstić information content (AvgIpc) is 2.92. The lowest BCUT2D eigenvalue weighted by Crippen LogP contribution is -2.24. The minimum Gasteiger partial charge on any atom is -0.377 e. The molecule has 1 aliphatic heterocycles. The Morgan fingerprint density at radius 2 is 1.59 bits per heavy atom. The number of Topliss-reactive ketones (excluding diaryl/α,β-unsaturated/α-hetero) is 1. The number of carbonyl (C=O) groups is 1. The van der Waals surface area contributed by atoms with E-state index in [1.807, 2.05) is 0 Å². The molecule has 130 valence electrons. The normalized spacial score (nSPS) is 18.9. The van der Waals surface area contributed by atoms with Crippen molar-refractivity contribution < 1.29 is 9.53 Å². The SMILES string of the molecule is CCO[C@@H]1CCN(CCCCCCCCCCCC(C)=O)C1. The van der Waals surface area contributed by atoms with E-state index in [9.17, 15) is 4.79 Å². The average molecular weight is 312 g/mol. The van der Waals surface area contributed by atoms with E-state index in [-0.39, 0.29) is 0 Å². The molecule has 3 nitrogen and oxygen atoms in total. The molecule has 0 aromatic heterocycles. The molecule has 0 radical (unpaired) electrons. The summed E-state index contributed by atoms with van der Waals surface area (Å²) in [6, 6.07) is 0. The van der Waals surface area contributed by atoms with Crippen molar-refractivity contribution in [2.24, 2.45) is 0 Å². The van der Waals surface area contributed by atoms with Gasteiger partial charge < -0.3 is 14.4 Å². The molecule has 1 fully saturated rings. The van der Waals surface area contributed by atoms with E-state index in [1.165, 1.54) is 70.9 Å². The summed E-state index contributed by atoms with van der Waals surface area (Å²) in [6.07, 6.45) is 14.3. The highest BCUT2D eigenvalue weighted by atomic mass is 16.5. The van der Waals surface area contributed by atoms with Crippen LogP contribution in [0.25, 0.3) is 0 Å². The van der Waals surface area contributed by atoms with E-state index in [0.29, 0.717) is 11.9 Å². The Morgan fingerprint density at radius 1 is 1.00 bits per heavy atom. The minimum atomic E-state index is 0.338. The van der Waals surface area contributed by atoms with E-state index in [4.69, 9.17) is 4.74 Å². The van der Waals surface area contributed by atoms with E-state index in [0.717, 1.165) is 26.0 Å². The summed E-state index contributed by atoms with van der Waals surface area (Å²) in [5.41, 5.74) is 0. The molecule has 0 amide bonds. The standard InChI is InChI=1S/C19H37NO2/c1-3-22-19-14-16-20(17-19)15-12-10-8-6-4-5-7-9-11-13-18(2)21/h19H,3-17H2,1-2H3/t19-/m1/s1. The smallest absolute Gasteiger partial charge is 0.129 e. The highest BCUT2D eigenvalue weighted by Crippen LogP contribution is 2.15. The van der Waals surface area contributed by atoms with Gasteiger partial charge in [-0.1, -0.05) is 44.9 Å². The second-order valence-corrected chi connectivity index (χ2v) is 6.80. The molecule has 3 heteroatoms. The van der Waals surface area contributed by atoms with Crippen LogP contribution in [-0.2, 0) is 9.53 Å². The molecule has 1 atom stereocenters. The molecule has 0 unspecified atom stereocenters. The molecule has 0 aromatic carbocycles. The zero-order chi connectivity index (χ0) is 16.0. The molecule has 1 rings (SSSR count). The van der Waals surface area contributed by atoms with Gasteiger partial charge in [0.15, 0.2) is 0 Å². The third-order valence-electron chi connectivity index (χ3n) is 4.63. The van der Waals surface area contributed by atoms with Crippen molar-refractivity contribution in [3.05, 3.63) is 0 Å². The van der Waals surface area contributed by atoms with Crippen molar-refractivity contribution in [1.82, 2.24) is 4.90 Å². The highest BCUT2D eigenvalue weighted by molar-refractivity contribution is 5.75. The van der Waals surface area contributed by atoms with Crippen molar-refractivity contribution in [1.29, 1.82) is 0 Å². The third-order valence-corrected chi connectivity index (χ3v) is 4.63. The molecular weight excluding hydrogens is 274 g/mol. The Hall–Kier alpha value is -0.410. The summed E-state index contributed by atoms with van der Waals surface area (Å²) in [7, 11) is 0. The summed E-state index contributed by atoms with van der Waals surface area (Å²) >= 11 is 0. The highest BCUT2D eigenvalue weighted by Gasteiger charge is 2.21. The monoisotopic (exact) mass is 311 g/mol. The number of unbranched alkanes of at least 4 members (excludes halogenated alkanes) is 8. The molecule has 0 aliphatic carbocycles. The maximum Gasteiger partial charge on any atom is 0.129 e. The van der Waals surface area contributed by atoms with Crippen molar-refractivity contribution in [2.75, 3.05) is 26.2 Å². The van der Waals surface area contributed by atoms with Crippen LogP contribution in [0.3, 0.4) is 0 Å². The summed E-state index contributed by atoms with van der Waals surface area (Å²) < 4.78 is 5.69. The molecule has 0 aromatic rings. The van der Waals surface area contributed by atoms with E-state index < -0.39 is 0 Å². The molecule has 0 bridgehead atoms. The van der Waals surface area contributed by atoms with Gasteiger partial charge in [-0.05, 0) is 39.7 Å². The maximum absolute atomic E-state index is 10.8. The van der Waals surface area contributed by atoms with E-state index in [2.05, 4.69) is 11.8 Å². The Bertz CT molecular complexity index is 281. The van der Waals surface area contributed by atoms with Crippen LogP contribution in [0, 0.1) is 0 Å². The Balaban J connectivity index is 1.78. The number of rotatable bonds is 14. The summed E-state index contributed by atoms with van der Waals surface area (Å²) in [4.78, 5) is 13.4. The molecule has 0 N–H and O–H groups in total. The fraction of sp³-hybridized carbons (Fsp3) is 0.947. The minimum absolute atomic E-state index is 0.338. The van der Waals surface area contributed by atoms with Crippen LogP contribution >= 0.6 is 0 Å². The van der Waals surface area contributed by atoms with Crippen molar-refractivity contribution >= 4 is 5.78 Å². The van der Waals surface area contributed by atoms with Crippen LogP contribution < -0.4 is 0 Å². The fourth-order valence-corrected chi connectivity index (χ4v) is 3.32. The third kappa shape index (κ3) is 10.3. The summed E-state index contributed by atoms with van der Waals surface area (Å²) in [6.45, 7) is 8.27. The van der Waals surface area contributed by atoms with Gasteiger partial charge in [-0.25, -0.2) is 0 Å². The predicted molar refractivity (Wildman–Crippen MR) is 93.3 cm³/mol. The van der Waals surface area contributed by atoms with Gasteiger partial charge >= 0.3 is 0 Å². The van der Waals surface area contributed by atoms with Crippen LogP contribution in [0.4, 0.5) is 0 Å². The lowest BCUT2D eigenvalue weighted by Gasteiger charge is -2.15. The number of ketones is 1. The quantitative estimate of drug-likeness (QED) is 0.440. The number of nitrogens with zero attached hydrogens (tertiary/aromatic N) is 1. The van der Waals surface area contributed by atoms with Gasteiger partial charge in [0.05, 0.1) is 6.10 Å². The van der Waals surface area contributed by atoms with Crippen LogP contribution in [0.5, 0.6) is 0 Å². The summed E-state index contributed by atoms with van der Waals surface area (Å²) in [5.74, 6) is 0.338. The van der Waals surface area contributed by atoms with Gasteiger partial charge in [0.25, 0.3) is 0 Å². The zero-order valence-corrected chi connectivity index (χ0v) is 14.9. The van der Waals surface area contributed by atoms with Gasteiger partial charge in [0.1, 0.15) is 5.78 Å². The van der Waals surface area contributed by atoms with Gasteiger partial charge in [0, 0.05) is 26.1 Å². The molecular formula is C19H37NO2. The second kappa shape index (κ2) is 13.1. The first-order valence-electron chi connectivity index (χ1n) is 9.55. The second-order valence-electron chi connectivity index (χ2n) is 6.80. The molecule has 0 saturated carbocycles. The van der Waals surface area contributed by atoms with Crippen LogP contribution in [0.2, 0.25) is 0 Å². The first kappa shape index (κ1) is 19.6. The molecule has 22 heavy (non-hydrogen) atoms. The lowest BCUT2D eigenvalue weighted by atomic mass is 10.1. The topological polar surface area (TPSA) is 29.5 Å². The molecule has 1 saturated heterocycles. The Kier molecular flexibility index (Phi) is 11.7. The van der Waals surface area contributed by atoms with Crippen molar-refractivity contribution in [3.8, 4) is 0 Å². The first-order chi connectivity index (χ1) is 10.7. The molecule has 0 spiro atoms. The van der Waals surface area contributed by atoms with Crippen molar-refractivity contribution in [2.45, 2.75) is 90.6 Å². The van der Waals surface area contributed by atoms with Gasteiger partial charge in [-0.2, -0.15) is 0 Å². The first-order valence-corrected chi connectivity index (χ1v) is 9.55. The van der Waals surface area contributed by atoms with E-state index >= 15 is 0 Å². The number of hydrogen-bond donors (Lipinski definition) is 0. The van der Waals surface area contributed by atoms with Crippen molar-refractivity contribution in [3.63, 3.8) is 0 Å². The molecule has 1 heterocycles. The Morgan fingerprint density at radius 3 is 2.18 bits per heavy atom. The van der Waals surface area contributed by atoms with Gasteiger partial charge in [-0.3, -0.25) is 0 Å².